The zero-order valence-electron chi connectivity index (χ0n) is 16.2. The fourth-order valence-corrected chi connectivity index (χ4v) is 4.97. The predicted molar refractivity (Wildman–Crippen MR) is 108 cm³/mol. The van der Waals surface area contributed by atoms with E-state index in [1.807, 2.05) is 10.3 Å². The van der Waals surface area contributed by atoms with Crippen LogP contribution in [0.3, 0.4) is 0 Å². The molecule has 2 aromatic rings. The van der Waals surface area contributed by atoms with Gasteiger partial charge in [0, 0.05) is 35.7 Å². The Morgan fingerprint density at radius 3 is 2.64 bits per heavy atom. The van der Waals surface area contributed by atoms with Crippen LogP contribution in [0.1, 0.15) is 37.6 Å². The second-order valence-corrected chi connectivity index (χ2v) is 10.7. The summed E-state index contributed by atoms with van der Waals surface area (Å²) in [5.74, 6) is 0. The van der Waals surface area contributed by atoms with Gasteiger partial charge in [0.2, 0.25) is 0 Å². The Morgan fingerprint density at radius 2 is 2.07 bits per heavy atom. The van der Waals surface area contributed by atoms with Crippen molar-refractivity contribution in [1.29, 1.82) is 0 Å². The van der Waals surface area contributed by atoms with Crippen LogP contribution in [0.5, 0.6) is 0 Å². The average Bonchev–Trinajstić information content (AvgIpc) is 3.11. The lowest BCUT2D eigenvalue weighted by Gasteiger charge is -2.34. The molecule has 10 heteroatoms. The fourth-order valence-electron chi connectivity index (χ4n) is 2.97. The van der Waals surface area contributed by atoms with Crippen molar-refractivity contribution in [2.45, 2.75) is 37.2 Å². The van der Waals surface area contributed by atoms with E-state index in [-0.39, 0.29) is 22.1 Å². The molecular weight excluding hydrogens is 402 g/mol. The maximum absolute atomic E-state index is 12.2. The minimum absolute atomic E-state index is 0.0446. The molecular formula is C18H23N3O5S2. The van der Waals surface area contributed by atoms with E-state index in [2.05, 4.69) is 20.8 Å². The zero-order chi connectivity index (χ0) is 20.7. The van der Waals surface area contributed by atoms with E-state index in [9.17, 15) is 18.5 Å². The standard InChI is InChI=1S/C18H23N3O5S2/c1-18(2,3)16-11-27-17(19-16)14-10-20(7-8-26-14)13-6-5-12(21(22)23)9-15(13)28(4,24)25/h5-6,9,11,14H,7-8,10H2,1-4H3. The van der Waals surface area contributed by atoms with Crippen LogP contribution in [0.2, 0.25) is 0 Å². The van der Waals surface area contributed by atoms with E-state index in [0.29, 0.717) is 25.4 Å². The minimum atomic E-state index is -3.64. The topological polar surface area (TPSA) is 103 Å². The number of rotatable bonds is 4. The normalized spacial score (nSPS) is 18.3. The maximum Gasteiger partial charge on any atom is 0.270 e. The Hall–Kier alpha value is -2.04. The Balaban J connectivity index is 1.92. The third-order valence-corrected chi connectivity index (χ3v) is 6.59. The summed E-state index contributed by atoms with van der Waals surface area (Å²) < 4.78 is 30.4. The highest BCUT2D eigenvalue weighted by atomic mass is 32.2. The molecule has 1 aliphatic heterocycles. The van der Waals surface area contributed by atoms with Gasteiger partial charge in [-0.15, -0.1) is 11.3 Å². The summed E-state index contributed by atoms with van der Waals surface area (Å²) in [4.78, 5) is 17.0. The molecule has 0 amide bonds. The molecule has 1 saturated heterocycles. The number of nitro benzene ring substituents is 1. The number of aromatic nitrogens is 1. The number of hydrogen-bond donors (Lipinski definition) is 0. The van der Waals surface area contributed by atoms with E-state index in [1.165, 1.54) is 23.5 Å². The summed E-state index contributed by atoms with van der Waals surface area (Å²) >= 11 is 1.53. The summed E-state index contributed by atoms with van der Waals surface area (Å²) in [6.07, 6.45) is 0.779. The van der Waals surface area contributed by atoms with Gasteiger partial charge in [0.25, 0.3) is 5.69 Å². The van der Waals surface area contributed by atoms with Crippen molar-refractivity contribution in [3.8, 4) is 0 Å². The van der Waals surface area contributed by atoms with Crippen molar-refractivity contribution in [1.82, 2.24) is 4.98 Å². The lowest BCUT2D eigenvalue weighted by molar-refractivity contribution is -0.385. The van der Waals surface area contributed by atoms with Gasteiger partial charge in [0.1, 0.15) is 11.1 Å². The molecule has 2 heterocycles. The molecule has 0 N–H and O–H groups in total. The lowest BCUT2D eigenvalue weighted by atomic mass is 9.93. The van der Waals surface area contributed by atoms with Crippen molar-refractivity contribution in [2.24, 2.45) is 0 Å². The van der Waals surface area contributed by atoms with Gasteiger partial charge >= 0.3 is 0 Å². The van der Waals surface area contributed by atoms with Crippen LogP contribution in [0.15, 0.2) is 28.5 Å². The maximum atomic E-state index is 12.2. The summed E-state index contributed by atoms with van der Waals surface area (Å²) in [5.41, 5.74) is 1.13. The van der Waals surface area contributed by atoms with E-state index < -0.39 is 14.8 Å². The predicted octanol–water partition coefficient (Wildman–Crippen LogP) is 3.33. The van der Waals surface area contributed by atoms with Crippen LogP contribution in [0, 0.1) is 10.1 Å². The van der Waals surface area contributed by atoms with Crippen LogP contribution in [0.25, 0.3) is 0 Å². The zero-order valence-corrected chi connectivity index (χ0v) is 17.8. The van der Waals surface area contributed by atoms with E-state index in [4.69, 9.17) is 9.72 Å². The SMILES string of the molecule is CC(C)(C)c1csc(C2CN(c3ccc([N+](=O)[O-])cc3S(C)(=O)=O)CCO2)n1. The molecule has 1 fully saturated rings. The Kier molecular flexibility index (Phi) is 5.48. The summed E-state index contributed by atoms with van der Waals surface area (Å²) in [6.45, 7) is 7.61. The molecule has 152 valence electrons. The number of ether oxygens (including phenoxy) is 1. The summed E-state index contributed by atoms with van der Waals surface area (Å²) in [6, 6.07) is 3.95. The number of benzene rings is 1. The van der Waals surface area contributed by atoms with Crippen LogP contribution in [-0.4, -0.2) is 44.3 Å². The first-order chi connectivity index (χ1) is 13.0. The fraction of sp³-hybridized carbons (Fsp3) is 0.500. The molecule has 3 rings (SSSR count). The number of hydrogen-bond acceptors (Lipinski definition) is 8. The van der Waals surface area contributed by atoms with Crippen molar-refractivity contribution in [2.75, 3.05) is 30.9 Å². The van der Waals surface area contributed by atoms with E-state index in [1.54, 1.807) is 0 Å². The number of nitrogens with zero attached hydrogens (tertiary/aromatic N) is 3. The Labute approximate surface area is 168 Å². The summed E-state index contributed by atoms with van der Waals surface area (Å²) in [7, 11) is -3.64. The van der Waals surface area contributed by atoms with Crippen molar-refractivity contribution in [3.63, 3.8) is 0 Å². The first-order valence-electron chi connectivity index (χ1n) is 8.78. The van der Waals surface area contributed by atoms with E-state index >= 15 is 0 Å². The molecule has 28 heavy (non-hydrogen) atoms. The first kappa shape index (κ1) is 20.7. The van der Waals surface area contributed by atoms with Crippen LogP contribution in [-0.2, 0) is 20.0 Å². The molecule has 1 atom stereocenters. The molecule has 0 radical (unpaired) electrons. The number of non-ortho nitro benzene ring substituents is 1. The summed E-state index contributed by atoms with van der Waals surface area (Å²) in [5, 5.41) is 13.9. The third-order valence-electron chi connectivity index (χ3n) is 4.53. The largest absolute Gasteiger partial charge is 0.367 e. The van der Waals surface area contributed by atoms with Crippen molar-refractivity contribution in [3.05, 3.63) is 44.4 Å². The van der Waals surface area contributed by atoms with Gasteiger partial charge in [-0.1, -0.05) is 20.8 Å². The first-order valence-corrected chi connectivity index (χ1v) is 11.5. The second-order valence-electron chi connectivity index (χ2n) is 7.81. The smallest absolute Gasteiger partial charge is 0.270 e. The van der Waals surface area contributed by atoms with Gasteiger partial charge < -0.3 is 9.64 Å². The highest BCUT2D eigenvalue weighted by Crippen LogP contribution is 2.35. The van der Waals surface area contributed by atoms with Gasteiger partial charge in [0.05, 0.1) is 34.4 Å². The van der Waals surface area contributed by atoms with E-state index in [0.717, 1.165) is 23.0 Å². The Morgan fingerprint density at radius 1 is 1.36 bits per heavy atom. The average molecular weight is 426 g/mol. The molecule has 0 saturated carbocycles. The monoisotopic (exact) mass is 425 g/mol. The number of nitro groups is 1. The quantitative estimate of drug-likeness (QED) is 0.547. The minimum Gasteiger partial charge on any atom is -0.367 e. The molecule has 0 bridgehead atoms. The molecule has 1 unspecified atom stereocenters. The van der Waals surface area contributed by atoms with Gasteiger partial charge in [-0.25, -0.2) is 13.4 Å². The lowest BCUT2D eigenvalue weighted by Crippen LogP contribution is -2.39. The van der Waals surface area contributed by atoms with Gasteiger partial charge in [-0.3, -0.25) is 10.1 Å². The molecule has 1 aromatic heterocycles. The van der Waals surface area contributed by atoms with Crippen LogP contribution in [0.4, 0.5) is 11.4 Å². The highest BCUT2D eigenvalue weighted by Gasteiger charge is 2.30. The third kappa shape index (κ3) is 4.34. The number of morpholine rings is 1. The molecule has 1 aliphatic rings. The molecule has 0 spiro atoms. The number of anilines is 1. The molecule has 0 aliphatic carbocycles. The van der Waals surface area contributed by atoms with Crippen LogP contribution < -0.4 is 4.90 Å². The van der Waals surface area contributed by atoms with Gasteiger partial charge in [0.15, 0.2) is 9.84 Å². The highest BCUT2D eigenvalue weighted by molar-refractivity contribution is 7.90. The number of sulfone groups is 1. The van der Waals surface area contributed by atoms with Crippen molar-refractivity contribution < 1.29 is 18.1 Å². The van der Waals surface area contributed by atoms with Gasteiger partial charge in [-0.05, 0) is 6.07 Å². The molecule has 8 nitrogen and oxygen atoms in total. The number of thiazole rings is 1. The second kappa shape index (κ2) is 7.41. The van der Waals surface area contributed by atoms with Gasteiger partial charge in [-0.2, -0.15) is 0 Å². The Bertz CT molecular complexity index is 995. The molecule has 1 aromatic carbocycles. The van der Waals surface area contributed by atoms with Crippen LogP contribution >= 0.6 is 11.3 Å². The van der Waals surface area contributed by atoms with Crippen molar-refractivity contribution >= 4 is 32.5 Å².